The number of nitrogens with zero attached hydrogens (tertiary/aromatic N) is 1. The monoisotopic (exact) mass is 455 g/mol. The minimum Gasteiger partial charge on any atom is -0.496 e. The number of aromatic nitrogens is 1. The van der Waals surface area contributed by atoms with Gasteiger partial charge in [0.2, 0.25) is 17.7 Å². The predicted molar refractivity (Wildman–Crippen MR) is 120 cm³/mol. The zero-order valence-electron chi connectivity index (χ0n) is 18.5. The van der Waals surface area contributed by atoms with E-state index in [4.69, 9.17) is 16.2 Å². The number of hydrogen-bond donors (Lipinski definition) is 4. The molecular weight excluding hydrogens is 426 g/mol. The minimum absolute atomic E-state index is 0.131. The highest BCUT2D eigenvalue weighted by atomic mass is 16.5. The van der Waals surface area contributed by atoms with Crippen molar-refractivity contribution in [3.63, 3.8) is 0 Å². The normalized spacial score (nSPS) is 19.7. The third-order valence-electron chi connectivity index (χ3n) is 6.53. The van der Waals surface area contributed by atoms with Gasteiger partial charge in [0.15, 0.2) is 0 Å². The summed E-state index contributed by atoms with van der Waals surface area (Å²) in [5, 5.41) is 6.14. The summed E-state index contributed by atoms with van der Waals surface area (Å²) in [7, 11) is 1.53. The first kappa shape index (κ1) is 22.6. The Labute approximate surface area is 191 Å². The number of benzene rings is 1. The first-order valence-corrected chi connectivity index (χ1v) is 11.1. The van der Waals surface area contributed by atoms with Gasteiger partial charge >= 0.3 is 0 Å². The molecule has 1 aliphatic carbocycles. The summed E-state index contributed by atoms with van der Waals surface area (Å²) in [6.45, 7) is 0.534. The Kier molecular flexibility index (Phi) is 6.26. The van der Waals surface area contributed by atoms with E-state index in [1.807, 2.05) is 0 Å². The second-order valence-electron chi connectivity index (χ2n) is 8.83. The Hall–Kier alpha value is -3.56. The molecule has 2 aromatic rings. The lowest BCUT2D eigenvalue weighted by molar-refractivity contribution is -0.131. The smallest absolute Gasteiger partial charge is 0.265 e. The van der Waals surface area contributed by atoms with Crippen LogP contribution in [0.2, 0.25) is 0 Å². The van der Waals surface area contributed by atoms with Crippen molar-refractivity contribution in [2.24, 2.45) is 23.3 Å². The number of hydrogen-bond acceptors (Lipinski definition) is 5. The molecule has 1 saturated carbocycles. The molecule has 0 unspecified atom stereocenters. The van der Waals surface area contributed by atoms with E-state index in [0.29, 0.717) is 42.0 Å². The Morgan fingerprint density at radius 3 is 2.55 bits per heavy atom. The van der Waals surface area contributed by atoms with Crippen LogP contribution in [-0.2, 0) is 14.4 Å². The molecule has 2 heterocycles. The van der Waals surface area contributed by atoms with E-state index in [-0.39, 0.29) is 23.9 Å². The van der Waals surface area contributed by atoms with E-state index in [2.05, 4.69) is 10.6 Å². The van der Waals surface area contributed by atoms with Gasteiger partial charge in [0, 0.05) is 17.8 Å². The number of carbonyl (C=O) groups excluding carboxylic acids is 4. The quantitative estimate of drug-likeness (QED) is 0.412. The van der Waals surface area contributed by atoms with Crippen LogP contribution in [0.25, 0.3) is 10.9 Å². The molecule has 33 heavy (non-hydrogen) atoms. The molecule has 4 amide bonds. The fraction of sp³-hybridized carbons (Fsp3) is 0.478. The molecular formula is C23H29N5O5. The van der Waals surface area contributed by atoms with Gasteiger partial charge in [-0.25, -0.2) is 0 Å². The fourth-order valence-electron chi connectivity index (χ4n) is 4.59. The van der Waals surface area contributed by atoms with E-state index in [1.165, 1.54) is 7.11 Å². The molecule has 2 aliphatic rings. The zero-order chi connectivity index (χ0) is 23.7. The molecule has 10 nitrogen and oxygen atoms in total. The molecule has 1 aliphatic heterocycles. The Bertz CT molecular complexity index is 1110. The van der Waals surface area contributed by atoms with Gasteiger partial charge in [0.1, 0.15) is 23.5 Å². The fourth-order valence-corrected chi connectivity index (χ4v) is 4.59. The summed E-state index contributed by atoms with van der Waals surface area (Å²) in [5.41, 5.74) is 12.1. The summed E-state index contributed by atoms with van der Waals surface area (Å²) < 4.78 is 7.06. The van der Waals surface area contributed by atoms with Gasteiger partial charge in [0.05, 0.1) is 12.6 Å². The molecule has 1 aromatic heterocycles. The number of amides is 4. The Morgan fingerprint density at radius 2 is 1.97 bits per heavy atom. The molecule has 10 heteroatoms. The SMILES string of the molecule is COc1cccc2c1cc(C(N)=O)n2[C@@H](CC1CC1)C(=O)N[C@@H](C[C@@H]1CCNC1=O)C(N)=O. The number of nitrogens with one attached hydrogen (secondary N) is 2. The predicted octanol–water partition coefficient (Wildman–Crippen LogP) is 0.586. The number of methoxy groups -OCH3 is 1. The number of primary amides is 2. The van der Waals surface area contributed by atoms with Crippen molar-refractivity contribution in [3.05, 3.63) is 30.0 Å². The van der Waals surface area contributed by atoms with Crippen molar-refractivity contribution in [1.82, 2.24) is 15.2 Å². The van der Waals surface area contributed by atoms with Gasteiger partial charge in [-0.05, 0) is 43.4 Å². The number of rotatable bonds is 10. The summed E-state index contributed by atoms with van der Waals surface area (Å²) in [6.07, 6.45) is 3.17. The first-order valence-electron chi connectivity index (χ1n) is 11.1. The van der Waals surface area contributed by atoms with Crippen molar-refractivity contribution in [1.29, 1.82) is 0 Å². The third kappa shape index (κ3) is 4.64. The van der Waals surface area contributed by atoms with Crippen molar-refractivity contribution >= 4 is 34.5 Å². The van der Waals surface area contributed by atoms with E-state index in [9.17, 15) is 19.2 Å². The van der Waals surface area contributed by atoms with Crippen LogP contribution in [0.5, 0.6) is 5.75 Å². The molecule has 6 N–H and O–H groups in total. The maximum Gasteiger partial charge on any atom is 0.265 e. The van der Waals surface area contributed by atoms with Crippen LogP contribution in [0.4, 0.5) is 0 Å². The third-order valence-corrected chi connectivity index (χ3v) is 6.53. The second kappa shape index (κ2) is 9.13. The molecule has 2 fully saturated rings. The molecule has 0 radical (unpaired) electrons. The van der Waals surface area contributed by atoms with Gasteiger partial charge in [-0.2, -0.15) is 0 Å². The lowest BCUT2D eigenvalue weighted by Gasteiger charge is -2.25. The van der Waals surface area contributed by atoms with Crippen molar-refractivity contribution in [2.75, 3.05) is 13.7 Å². The van der Waals surface area contributed by atoms with Crippen LogP contribution >= 0.6 is 0 Å². The van der Waals surface area contributed by atoms with Gasteiger partial charge in [-0.1, -0.05) is 18.9 Å². The molecule has 0 spiro atoms. The second-order valence-corrected chi connectivity index (χ2v) is 8.83. The number of fused-ring (bicyclic) bond motifs is 1. The van der Waals surface area contributed by atoms with Crippen LogP contribution in [0.3, 0.4) is 0 Å². The molecule has 1 aromatic carbocycles. The average molecular weight is 456 g/mol. The molecule has 0 bridgehead atoms. The van der Waals surface area contributed by atoms with Gasteiger partial charge in [-0.15, -0.1) is 0 Å². The minimum atomic E-state index is -0.999. The topological polar surface area (TPSA) is 159 Å². The standard InChI is InChI=1S/C23H29N5O5/c1-33-19-4-2-3-16-14(19)11-17(21(25)30)28(16)18(9-12-5-6-12)23(32)27-15(20(24)29)10-13-7-8-26-22(13)31/h2-4,11-13,15,18H,5-10H2,1H3,(H2,24,29)(H2,25,30)(H,26,31)(H,27,32)/t13-,15-,18-/m0/s1. The lowest BCUT2D eigenvalue weighted by atomic mass is 9.97. The first-order chi connectivity index (χ1) is 15.8. The Balaban J connectivity index is 1.69. The molecule has 3 atom stereocenters. The van der Waals surface area contributed by atoms with Crippen LogP contribution in [0.15, 0.2) is 24.3 Å². The van der Waals surface area contributed by atoms with E-state index >= 15 is 0 Å². The van der Waals surface area contributed by atoms with Gasteiger partial charge in [0.25, 0.3) is 5.91 Å². The summed E-state index contributed by atoms with van der Waals surface area (Å²) in [4.78, 5) is 49.9. The summed E-state index contributed by atoms with van der Waals surface area (Å²) in [5.74, 6) is -1.46. The van der Waals surface area contributed by atoms with Gasteiger partial charge < -0.3 is 31.4 Å². The molecule has 1 saturated heterocycles. The van der Waals surface area contributed by atoms with Crippen molar-refractivity contribution in [3.8, 4) is 5.75 Å². The van der Waals surface area contributed by atoms with E-state index < -0.39 is 29.8 Å². The average Bonchev–Trinajstić information content (AvgIpc) is 3.38. The highest BCUT2D eigenvalue weighted by Crippen LogP contribution is 2.40. The Morgan fingerprint density at radius 1 is 1.21 bits per heavy atom. The summed E-state index contributed by atoms with van der Waals surface area (Å²) in [6, 6.07) is 5.19. The highest BCUT2D eigenvalue weighted by molar-refractivity contribution is 6.01. The number of nitrogens with two attached hydrogens (primary N) is 2. The number of carbonyl (C=O) groups is 4. The van der Waals surface area contributed by atoms with Crippen LogP contribution in [0.1, 0.15) is 48.6 Å². The molecule has 176 valence electrons. The largest absolute Gasteiger partial charge is 0.496 e. The van der Waals surface area contributed by atoms with E-state index in [1.54, 1.807) is 28.8 Å². The maximum absolute atomic E-state index is 13.5. The maximum atomic E-state index is 13.5. The van der Waals surface area contributed by atoms with Crippen LogP contribution in [0, 0.1) is 11.8 Å². The van der Waals surface area contributed by atoms with Crippen LogP contribution < -0.4 is 26.8 Å². The summed E-state index contributed by atoms with van der Waals surface area (Å²) >= 11 is 0. The lowest BCUT2D eigenvalue weighted by Crippen LogP contribution is -2.48. The zero-order valence-corrected chi connectivity index (χ0v) is 18.5. The number of ether oxygens (including phenoxy) is 1. The van der Waals surface area contributed by atoms with Gasteiger partial charge in [-0.3, -0.25) is 19.2 Å². The highest BCUT2D eigenvalue weighted by Gasteiger charge is 2.36. The van der Waals surface area contributed by atoms with Crippen molar-refractivity contribution < 1.29 is 23.9 Å². The molecule has 4 rings (SSSR count). The van der Waals surface area contributed by atoms with E-state index in [0.717, 1.165) is 12.8 Å². The van der Waals surface area contributed by atoms with Crippen molar-refractivity contribution in [2.45, 2.75) is 44.2 Å². The van der Waals surface area contributed by atoms with Crippen LogP contribution in [-0.4, -0.2) is 47.9 Å².